The molecule has 0 aromatic heterocycles. The standard InChI is InChI=1S/C21H21N/c1-2-8-21(22-16-17-9-4-3-5-10-17)20-14-13-18-11-6-7-12-19(18)15-20/h2-7,9-15,21-22H,1,8,16H2. The lowest BCUT2D eigenvalue weighted by atomic mass is 9.99. The van der Waals surface area contributed by atoms with Gasteiger partial charge >= 0.3 is 0 Å². The van der Waals surface area contributed by atoms with Gasteiger partial charge in [-0.15, -0.1) is 6.58 Å². The summed E-state index contributed by atoms with van der Waals surface area (Å²) < 4.78 is 0. The van der Waals surface area contributed by atoms with E-state index < -0.39 is 0 Å². The van der Waals surface area contributed by atoms with E-state index in [-0.39, 0.29) is 0 Å². The van der Waals surface area contributed by atoms with Gasteiger partial charge < -0.3 is 5.32 Å². The Bertz CT molecular complexity index is 746. The molecule has 0 radical (unpaired) electrons. The maximum atomic E-state index is 3.90. The Balaban J connectivity index is 1.80. The summed E-state index contributed by atoms with van der Waals surface area (Å²) in [6.07, 6.45) is 2.91. The molecule has 1 heteroatoms. The average molecular weight is 287 g/mol. The number of nitrogens with one attached hydrogen (secondary N) is 1. The van der Waals surface area contributed by atoms with Crippen LogP contribution in [0.1, 0.15) is 23.6 Å². The molecular weight excluding hydrogens is 266 g/mol. The fourth-order valence-electron chi connectivity index (χ4n) is 2.77. The number of rotatable bonds is 6. The van der Waals surface area contributed by atoms with Crippen molar-refractivity contribution in [1.29, 1.82) is 0 Å². The van der Waals surface area contributed by atoms with Crippen LogP contribution in [0.2, 0.25) is 0 Å². The van der Waals surface area contributed by atoms with Gasteiger partial charge in [0.1, 0.15) is 0 Å². The molecule has 0 saturated carbocycles. The highest BCUT2D eigenvalue weighted by Gasteiger charge is 2.10. The molecule has 0 bridgehead atoms. The van der Waals surface area contributed by atoms with E-state index in [1.165, 1.54) is 21.9 Å². The third-order valence-electron chi connectivity index (χ3n) is 3.97. The zero-order chi connectivity index (χ0) is 15.2. The molecule has 0 aliphatic rings. The first-order valence-corrected chi connectivity index (χ1v) is 7.74. The van der Waals surface area contributed by atoms with Gasteiger partial charge in [-0.25, -0.2) is 0 Å². The summed E-state index contributed by atoms with van der Waals surface area (Å²) in [5.41, 5.74) is 2.62. The Morgan fingerprint density at radius 1 is 0.864 bits per heavy atom. The lowest BCUT2D eigenvalue weighted by molar-refractivity contribution is 0.539. The van der Waals surface area contributed by atoms with E-state index in [0.29, 0.717) is 6.04 Å². The van der Waals surface area contributed by atoms with E-state index in [0.717, 1.165) is 13.0 Å². The van der Waals surface area contributed by atoms with Crippen molar-refractivity contribution in [2.45, 2.75) is 19.0 Å². The summed E-state index contributed by atoms with van der Waals surface area (Å²) in [6.45, 7) is 4.77. The summed E-state index contributed by atoms with van der Waals surface area (Å²) in [6, 6.07) is 26.0. The van der Waals surface area contributed by atoms with Crippen LogP contribution in [0.4, 0.5) is 0 Å². The number of hydrogen-bond acceptors (Lipinski definition) is 1. The predicted molar refractivity (Wildman–Crippen MR) is 94.8 cm³/mol. The van der Waals surface area contributed by atoms with Crippen LogP contribution in [0.3, 0.4) is 0 Å². The van der Waals surface area contributed by atoms with Crippen molar-refractivity contribution in [3.63, 3.8) is 0 Å². The number of fused-ring (bicyclic) bond motifs is 1. The maximum absolute atomic E-state index is 3.90. The Morgan fingerprint density at radius 3 is 2.36 bits per heavy atom. The van der Waals surface area contributed by atoms with E-state index in [9.17, 15) is 0 Å². The van der Waals surface area contributed by atoms with E-state index in [1.807, 2.05) is 12.1 Å². The quantitative estimate of drug-likeness (QED) is 0.611. The third kappa shape index (κ3) is 3.44. The number of benzene rings is 3. The SMILES string of the molecule is C=CCC(NCc1ccccc1)c1ccc2ccccc2c1. The monoisotopic (exact) mass is 287 g/mol. The van der Waals surface area contributed by atoms with Gasteiger partial charge in [0.05, 0.1) is 0 Å². The van der Waals surface area contributed by atoms with Gasteiger partial charge in [-0.3, -0.25) is 0 Å². The number of hydrogen-bond donors (Lipinski definition) is 1. The van der Waals surface area contributed by atoms with Gasteiger partial charge in [0.2, 0.25) is 0 Å². The van der Waals surface area contributed by atoms with Crippen molar-refractivity contribution in [1.82, 2.24) is 5.32 Å². The van der Waals surface area contributed by atoms with Crippen LogP contribution in [-0.2, 0) is 6.54 Å². The molecule has 0 spiro atoms. The lowest BCUT2D eigenvalue weighted by Crippen LogP contribution is -2.20. The highest BCUT2D eigenvalue weighted by atomic mass is 14.9. The molecule has 1 atom stereocenters. The molecule has 22 heavy (non-hydrogen) atoms. The average Bonchev–Trinajstić information content (AvgIpc) is 2.59. The van der Waals surface area contributed by atoms with E-state index in [4.69, 9.17) is 0 Å². The van der Waals surface area contributed by atoms with Gasteiger partial charge in [-0.2, -0.15) is 0 Å². The van der Waals surface area contributed by atoms with Crippen LogP contribution in [0, 0.1) is 0 Å². The first kappa shape index (κ1) is 14.6. The summed E-state index contributed by atoms with van der Waals surface area (Å²) in [7, 11) is 0. The predicted octanol–water partition coefficient (Wildman–Crippen LogP) is 5.25. The van der Waals surface area contributed by atoms with Crippen LogP contribution >= 0.6 is 0 Å². The molecule has 0 fully saturated rings. The van der Waals surface area contributed by atoms with Gasteiger partial charge in [0.15, 0.2) is 0 Å². The highest BCUT2D eigenvalue weighted by molar-refractivity contribution is 5.83. The zero-order valence-corrected chi connectivity index (χ0v) is 12.7. The minimum atomic E-state index is 0.294. The largest absolute Gasteiger partial charge is 0.306 e. The fraction of sp³-hybridized carbons (Fsp3) is 0.143. The molecule has 3 rings (SSSR count). The normalized spacial score (nSPS) is 12.2. The van der Waals surface area contributed by atoms with Gasteiger partial charge in [-0.1, -0.05) is 72.8 Å². The molecular formula is C21H21N. The molecule has 110 valence electrons. The Hall–Kier alpha value is -2.38. The lowest BCUT2D eigenvalue weighted by Gasteiger charge is -2.18. The van der Waals surface area contributed by atoms with Crippen LogP contribution in [-0.4, -0.2) is 0 Å². The molecule has 0 aliphatic carbocycles. The fourth-order valence-corrected chi connectivity index (χ4v) is 2.77. The van der Waals surface area contributed by atoms with Crippen LogP contribution < -0.4 is 5.32 Å². The second-order valence-corrected chi connectivity index (χ2v) is 5.55. The molecule has 0 heterocycles. The van der Waals surface area contributed by atoms with Crippen molar-refractivity contribution in [2.75, 3.05) is 0 Å². The maximum Gasteiger partial charge on any atom is 0.0358 e. The Morgan fingerprint density at radius 2 is 1.59 bits per heavy atom. The van der Waals surface area contributed by atoms with Gasteiger partial charge in [-0.05, 0) is 34.4 Å². The van der Waals surface area contributed by atoms with Gasteiger partial charge in [0, 0.05) is 12.6 Å². The summed E-state index contributed by atoms with van der Waals surface area (Å²) in [5.74, 6) is 0. The Labute approximate surface area is 132 Å². The van der Waals surface area contributed by atoms with Crippen molar-refractivity contribution in [2.24, 2.45) is 0 Å². The summed E-state index contributed by atoms with van der Waals surface area (Å²) in [5, 5.41) is 6.22. The molecule has 1 N–H and O–H groups in total. The van der Waals surface area contributed by atoms with Crippen molar-refractivity contribution in [3.8, 4) is 0 Å². The first-order valence-electron chi connectivity index (χ1n) is 7.74. The second kappa shape index (κ2) is 7.06. The van der Waals surface area contributed by atoms with Crippen molar-refractivity contribution >= 4 is 10.8 Å². The van der Waals surface area contributed by atoms with Crippen LogP contribution in [0.5, 0.6) is 0 Å². The minimum Gasteiger partial charge on any atom is -0.306 e. The summed E-state index contributed by atoms with van der Waals surface area (Å²) in [4.78, 5) is 0. The first-order chi connectivity index (χ1) is 10.9. The van der Waals surface area contributed by atoms with Gasteiger partial charge in [0.25, 0.3) is 0 Å². The van der Waals surface area contributed by atoms with E-state index >= 15 is 0 Å². The van der Waals surface area contributed by atoms with Crippen molar-refractivity contribution in [3.05, 3.63) is 96.6 Å². The van der Waals surface area contributed by atoms with Crippen molar-refractivity contribution < 1.29 is 0 Å². The molecule has 1 nitrogen and oxygen atoms in total. The molecule has 0 saturated heterocycles. The van der Waals surface area contributed by atoms with Crippen LogP contribution in [0.15, 0.2) is 85.5 Å². The van der Waals surface area contributed by atoms with E-state index in [1.54, 1.807) is 0 Å². The topological polar surface area (TPSA) is 12.0 Å². The second-order valence-electron chi connectivity index (χ2n) is 5.55. The minimum absolute atomic E-state index is 0.294. The zero-order valence-electron chi connectivity index (χ0n) is 12.7. The smallest absolute Gasteiger partial charge is 0.0358 e. The molecule has 1 unspecified atom stereocenters. The molecule has 3 aromatic rings. The molecule has 3 aromatic carbocycles. The van der Waals surface area contributed by atoms with E-state index in [2.05, 4.69) is 78.6 Å². The third-order valence-corrected chi connectivity index (χ3v) is 3.97. The molecule has 0 aliphatic heterocycles. The highest BCUT2D eigenvalue weighted by Crippen LogP contribution is 2.23. The summed E-state index contributed by atoms with van der Waals surface area (Å²) >= 11 is 0. The Kier molecular flexibility index (Phi) is 4.67. The molecule has 0 amide bonds. The van der Waals surface area contributed by atoms with Crippen LogP contribution in [0.25, 0.3) is 10.8 Å².